The Hall–Kier alpha value is -1.05. The molecule has 3 N–H and O–H groups in total. The molecular formula is C10H17N3O. The molecule has 78 valence electrons. The number of nitrogens with one attached hydrogen (secondary N) is 1. The van der Waals surface area contributed by atoms with Crippen LogP contribution in [0.25, 0.3) is 0 Å². The molecule has 14 heavy (non-hydrogen) atoms. The highest BCUT2D eigenvalue weighted by Gasteiger charge is 2.30. The predicted octanol–water partition coefficient (Wildman–Crippen LogP) is -0.843. The normalized spacial score (nSPS) is 25.3. The van der Waals surface area contributed by atoms with Gasteiger partial charge < -0.3 is 11.1 Å². The highest BCUT2D eigenvalue weighted by atomic mass is 16.1. The molecule has 0 bridgehead atoms. The van der Waals surface area contributed by atoms with Crippen LogP contribution in [0.4, 0.5) is 0 Å². The van der Waals surface area contributed by atoms with Gasteiger partial charge in [-0.05, 0) is 6.42 Å². The van der Waals surface area contributed by atoms with Crippen molar-refractivity contribution in [1.82, 2.24) is 10.2 Å². The average molecular weight is 195 g/mol. The standard InChI is InChI=1S/C10H17N3O/c1-3-8(4-2)13-6-5-12-7-9(13)10(11)14/h1,8-9,12H,4-7H2,2H3,(H2,11,14). The van der Waals surface area contributed by atoms with Crippen molar-refractivity contribution in [2.75, 3.05) is 19.6 Å². The second-order valence-corrected chi connectivity index (χ2v) is 3.45. The van der Waals surface area contributed by atoms with Crippen LogP contribution in [0.2, 0.25) is 0 Å². The summed E-state index contributed by atoms with van der Waals surface area (Å²) < 4.78 is 0. The van der Waals surface area contributed by atoms with E-state index in [2.05, 4.69) is 11.2 Å². The number of piperazine rings is 1. The third-order valence-corrected chi connectivity index (χ3v) is 2.59. The van der Waals surface area contributed by atoms with Crippen molar-refractivity contribution in [2.45, 2.75) is 25.4 Å². The van der Waals surface area contributed by atoms with Crippen LogP contribution in [0.15, 0.2) is 0 Å². The third kappa shape index (κ3) is 2.25. The van der Waals surface area contributed by atoms with Gasteiger partial charge in [0.05, 0.1) is 6.04 Å². The van der Waals surface area contributed by atoms with Gasteiger partial charge in [-0.2, -0.15) is 0 Å². The van der Waals surface area contributed by atoms with Gasteiger partial charge in [-0.3, -0.25) is 9.69 Å². The first-order valence-corrected chi connectivity index (χ1v) is 4.92. The minimum Gasteiger partial charge on any atom is -0.368 e. The molecule has 2 unspecified atom stereocenters. The van der Waals surface area contributed by atoms with Gasteiger partial charge in [-0.15, -0.1) is 6.42 Å². The molecule has 0 aliphatic carbocycles. The van der Waals surface area contributed by atoms with Crippen LogP contribution in [0.3, 0.4) is 0 Å². The van der Waals surface area contributed by atoms with E-state index >= 15 is 0 Å². The topological polar surface area (TPSA) is 58.4 Å². The number of primary amides is 1. The maximum absolute atomic E-state index is 11.2. The SMILES string of the molecule is C#CC(CC)N1CCNCC1C(N)=O. The summed E-state index contributed by atoms with van der Waals surface area (Å²) in [5.74, 6) is 2.40. The molecule has 0 aromatic carbocycles. The molecule has 1 aliphatic rings. The van der Waals surface area contributed by atoms with Crippen LogP contribution >= 0.6 is 0 Å². The lowest BCUT2D eigenvalue weighted by atomic mass is 10.1. The van der Waals surface area contributed by atoms with Crippen molar-refractivity contribution in [1.29, 1.82) is 0 Å². The molecule has 1 aliphatic heterocycles. The number of hydrogen-bond donors (Lipinski definition) is 2. The number of rotatable bonds is 3. The summed E-state index contributed by atoms with van der Waals surface area (Å²) in [7, 11) is 0. The summed E-state index contributed by atoms with van der Waals surface area (Å²) >= 11 is 0. The smallest absolute Gasteiger partial charge is 0.236 e. The van der Waals surface area contributed by atoms with Crippen molar-refractivity contribution >= 4 is 5.91 Å². The Morgan fingerprint density at radius 1 is 1.86 bits per heavy atom. The van der Waals surface area contributed by atoms with E-state index in [1.54, 1.807) is 0 Å². The van der Waals surface area contributed by atoms with Crippen LogP contribution in [0.5, 0.6) is 0 Å². The zero-order chi connectivity index (χ0) is 10.6. The molecule has 0 aromatic heterocycles. The van der Waals surface area contributed by atoms with Gasteiger partial charge in [0.15, 0.2) is 0 Å². The van der Waals surface area contributed by atoms with Crippen molar-refractivity contribution < 1.29 is 4.79 Å². The maximum Gasteiger partial charge on any atom is 0.236 e. The molecule has 0 radical (unpaired) electrons. The van der Waals surface area contributed by atoms with Gasteiger partial charge in [0.25, 0.3) is 0 Å². The Labute approximate surface area is 84.8 Å². The zero-order valence-electron chi connectivity index (χ0n) is 8.49. The minimum atomic E-state index is -0.300. The van der Waals surface area contributed by atoms with Crippen molar-refractivity contribution in [2.24, 2.45) is 5.73 Å². The fourth-order valence-corrected chi connectivity index (χ4v) is 1.81. The van der Waals surface area contributed by atoms with Gasteiger partial charge in [0.1, 0.15) is 6.04 Å². The number of carbonyl (C=O) groups excluding carboxylic acids is 1. The van der Waals surface area contributed by atoms with Crippen LogP contribution in [0.1, 0.15) is 13.3 Å². The molecule has 1 rings (SSSR count). The van der Waals surface area contributed by atoms with E-state index in [4.69, 9.17) is 12.2 Å². The van der Waals surface area contributed by atoms with E-state index in [0.29, 0.717) is 6.54 Å². The van der Waals surface area contributed by atoms with E-state index in [0.717, 1.165) is 19.5 Å². The first-order valence-electron chi connectivity index (χ1n) is 4.92. The fourth-order valence-electron chi connectivity index (χ4n) is 1.81. The Balaban J connectivity index is 2.72. The van der Waals surface area contributed by atoms with E-state index in [1.165, 1.54) is 0 Å². The lowest BCUT2D eigenvalue weighted by Gasteiger charge is -2.37. The van der Waals surface area contributed by atoms with Gasteiger partial charge in [-0.25, -0.2) is 0 Å². The molecule has 1 saturated heterocycles. The molecular weight excluding hydrogens is 178 g/mol. The Morgan fingerprint density at radius 2 is 2.57 bits per heavy atom. The van der Waals surface area contributed by atoms with Crippen LogP contribution < -0.4 is 11.1 Å². The summed E-state index contributed by atoms with van der Waals surface area (Å²) in [6, 6.07) is -0.237. The fraction of sp³-hybridized carbons (Fsp3) is 0.700. The highest BCUT2D eigenvalue weighted by Crippen LogP contribution is 2.10. The van der Waals surface area contributed by atoms with E-state index < -0.39 is 0 Å². The molecule has 0 saturated carbocycles. The van der Waals surface area contributed by atoms with E-state index in [-0.39, 0.29) is 18.0 Å². The maximum atomic E-state index is 11.2. The largest absolute Gasteiger partial charge is 0.368 e. The van der Waals surface area contributed by atoms with Crippen LogP contribution in [-0.2, 0) is 4.79 Å². The van der Waals surface area contributed by atoms with Gasteiger partial charge in [-0.1, -0.05) is 12.8 Å². The molecule has 2 atom stereocenters. The second kappa shape index (κ2) is 4.99. The first kappa shape index (κ1) is 11.0. The van der Waals surface area contributed by atoms with Crippen molar-refractivity contribution in [3.63, 3.8) is 0 Å². The highest BCUT2D eigenvalue weighted by molar-refractivity contribution is 5.80. The average Bonchev–Trinajstić information content (AvgIpc) is 2.20. The monoisotopic (exact) mass is 195 g/mol. The molecule has 1 fully saturated rings. The summed E-state index contributed by atoms with van der Waals surface area (Å²) in [6.45, 7) is 4.27. The second-order valence-electron chi connectivity index (χ2n) is 3.45. The number of terminal acetylenes is 1. The predicted molar refractivity (Wildman–Crippen MR) is 55.5 cm³/mol. The van der Waals surface area contributed by atoms with Gasteiger partial charge in [0.2, 0.25) is 5.91 Å². The number of carbonyl (C=O) groups is 1. The number of nitrogens with zero attached hydrogens (tertiary/aromatic N) is 1. The molecule has 0 spiro atoms. The molecule has 4 nitrogen and oxygen atoms in total. The van der Waals surface area contributed by atoms with Crippen LogP contribution in [0, 0.1) is 12.3 Å². The van der Waals surface area contributed by atoms with Gasteiger partial charge in [0, 0.05) is 19.6 Å². The van der Waals surface area contributed by atoms with Crippen molar-refractivity contribution in [3.8, 4) is 12.3 Å². The molecule has 0 aromatic rings. The number of hydrogen-bond acceptors (Lipinski definition) is 3. The molecule has 4 heteroatoms. The summed E-state index contributed by atoms with van der Waals surface area (Å²) in [5, 5.41) is 3.14. The lowest BCUT2D eigenvalue weighted by molar-refractivity contribution is -0.124. The van der Waals surface area contributed by atoms with Gasteiger partial charge >= 0.3 is 0 Å². The quantitative estimate of drug-likeness (QED) is 0.577. The van der Waals surface area contributed by atoms with E-state index in [1.807, 2.05) is 11.8 Å². The minimum absolute atomic E-state index is 0.0228. The number of amides is 1. The summed E-state index contributed by atoms with van der Waals surface area (Å²) in [4.78, 5) is 13.2. The lowest BCUT2D eigenvalue weighted by Crippen LogP contribution is -2.59. The molecule has 1 heterocycles. The van der Waals surface area contributed by atoms with Crippen LogP contribution in [-0.4, -0.2) is 42.5 Å². The molecule has 1 amide bonds. The third-order valence-electron chi connectivity index (χ3n) is 2.59. The Bertz CT molecular complexity index is 246. The summed E-state index contributed by atoms with van der Waals surface area (Å²) in [6.07, 6.45) is 6.26. The Kier molecular flexibility index (Phi) is 3.93. The zero-order valence-corrected chi connectivity index (χ0v) is 8.49. The summed E-state index contributed by atoms with van der Waals surface area (Å²) in [5.41, 5.74) is 5.32. The number of nitrogens with two attached hydrogens (primary N) is 1. The van der Waals surface area contributed by atoms with E-state index in [9.17, 15) is 4.79 Å². The van der Waals surface area contributed by atoms with Crippen molar-refractivity contribution in [3.05, 3.63) is 0 Å². The first-order chi connectivity index (χ1) is 6.70. The Morgan fingerprint density at radius 3 is 3.07 bits per heavy atom.